The van der Waals surface area contributed by atoms with Crippen LogP contribution in [-0.2, 0) is 17.8 Å². The van der Waals surface area contributed by atoms with Crippen LogP contribution in [0.5, 0.6) is 0 Å². The molecule has 104 valence electrons. The van der Waals surface area contributed by atoms with Gasteiger partial charge in [0, 0.05) is 24.2 Å². The van der Waals surface area contributed by atoms with E-state index in [1.807, 2.05) is 17.0 Å². The number of fused-ring (bicyclic) bond motifs is 1. The van der Waals surface area contributed by atoms with Crippen molar-refractivity contribution in [1.82, 2.24) is 4.98 Å². The molecule has 2 heterocycles. The maximum Gasteiger partial charge on any atom is 0.224 e. The van der Waals surface area contributed by atoms with Crippen molar-refractivity contribution < 1.29 is 9.21 Å². The Labute approximate surface area is 117 Å². The second-order valence-electron chi connectivity index (χ2n) is 5.11. The fraction of sp³-hybridized carbons (Fsp3) is 0.333. The highest BCUT2D eigenvalue weighted by Crippen LogP contribution is 2.35. The second-order valence-corrected chi connectivity index (χ2v) is 5.11. The summed E-state index contributed by atoms with van der Waals surface area (Å²) in [4.78, 5) is 17.6. The summed E-state index contributed by atoms with van der Waals surface area (Å²) in [6, 6.07) is 6.19. The van der Waals surface area contributed by atoms with Crippen LogP contribution in [0.15, 0.2) is 28.8 Å². The van der Waals surface area contributed by atoms with Crippen molar-refractivity contribution in [2.24, 2.45) is 5.73 Å². The molecule has 1 aromatic heterocycles. The van der Waals surface area contributed by atoms with Gasteiger partial charge in [0.05, 0.1) is 12.7 Å². The molecule has 1 aromatic carbocycles. The molecule has 3 rings (SSSR count). The van der Waals surface area contributed by atoms with Crippen molar-refractivity contribution >= 4 is 11.6 Å². The average molecular weight is 271 g/mol. The molecule has 1 atom stereocenters. The average Bonchev–Trinajstić information content (AvgIpc) is 3.00. The van der Waals surface area contributed by atoms with E-state index in [1.165, 1.54) is 0 Å². The van der Waals surface area contributed by atoms with Crippen molar-refractivity contribution in [2.75, 3.05) is 4.90 Å². The normalized spacial score (nSPS) is 17.4. The summed E-state index contributed by atoms with van der Waals surface area (Å²) in [6.07, 6.45) is 2.55. The minimum atomic E-state index is 0.0779. The van der Waals surface area contributed by atoms with Gasteiger partial charge in [0.15, 0.2) is 5.76 Å². The third kappa shape index (κ3) is 2.00. The molecule has 0 bridgehead atoms. The van der Waals surface area contributed by atoms with Crippen molar-refractivity contribution in [2.45, 2.75) is 32.9 Å². The van der Waals surface area contributed by atoms with Gasteiger partial charge in [-0.2, -0.15) is 0 Å². The lowest BCUT2D eigenvalue weighted by molar-refractivity contribution is -0.116. The summed E-state index contributed by atoms with van der Waals surface area (Å²) in [6.45, 7) is 3.95. The van der Waals surface area contributed by atoms with Gasteiger partial charge in [-0.3, -0.25) is 4.79 Å². The van der Waals surface area contributed by atoms with Crippen LogP contribution < -0.4 is 10.6 Å². The molecule has 2 aromatic rings. The molecule has 1 aliphatic heterocycles. The van der Waals surface area contributed by atoms with Crippen LogP contribution in [0.25, 0.3) is 11.3 Å². The molecular weight excluding hydrogens is 254 g/mol. The van der Waals surface area contributed by atoms with Gasteiger partial charge in [0.25, 0.3) is 0 Å². The molecule has 5 nitrogen and oxygen atoms in total. The first-order chi connectivity index (χ1) is 9.60. The Bertz CT molecular complexity index is 663. The molecule has 1 aliphatic rings. The van der Waals surface area contributed by atoms with Crippen LogP contribution in [0.2, 0.25) is 0 Å². The highest BCUT2D eigenvalue weighted by Gasteiger charge is 2.29. The lowest BCUT2D eigenvalue weighted by Gasteiger charge is -2.20. The Morgan fingerprint density at radius 2 is 2.35 bits per heavy atom. The van der Waals surface area contributed by atoms with Crippen LogP contribution in [0.4, 0.5) is 5.69 Å². The third-order valence-electron chi connectivity index (χ3n) is 3.65. The molecule has 1 amide bonds. The highest BCUT2D eigenvalue weighted by atomic mass is 16.4. The van der Waals surface area contributed by atoms with E-state index in [-0.39, 0.29) is 11.9 Å². The van der Waals surface area contributed by atoms with E-state index in [0.29, 0.717) is 18.2 Å². The number of nitrogens with two attached hydrogens (primary N) is 1. The molecule has 0 spiro atoms. The summed E-state index contributed by atoms with van der Waals surface area (Å²) < 4.78 is 5.56. The molecular formula is C15H17N3O2. The van der Waals surface area contributed by atoms with Gasteiger partial charge in [-0.15, -0.1) is 0 Å². The van der Waals surface area contributed by atoms with Crippen LogP contribution in [0, 0.1) is 0 Å². The predicted octanol–water partition coefficient (Wildman–Crippen LogP) is 2.10. The Kier molecular flexibility index (Phi) is 3.06. The summed E-state index contributed by atoms with van der Waals surface area (Å²) in [7, 11) is 0. The van der Waals surface area contributed by atoms with E-state index in [1.54, 1.807) is 13.1 Å². The van der Waals surface area contributed by atoms with E-state index in [2.05, 4.69) is 18.0 Å². The van der Waals surface area contributed by atoms with E-state index in [0.717, 1.165) is 23.2 Å². The van der Waals surface area contributed by atoms with Gasteiger partial charge in [-0.05, 0) is 37.1 Å². The molecule has 20 heavy (non-hydrogen) atoms. The predicted molar refractivity (Wildman–Crippen MR) is 76.2 cm³/mol. The fourth-order valence-electron chi connectivity index (χ4n) is 2.80. The smallest absolute Gasteiger partial charge is 0.224 e. The van der Waals surface area contributed by atoms with Crippen LogP contribution in [0.3, 0.4) is 0 Å². The number of carbonyl (C=O) groups excluding carboxylic acids is 1. The van der Waals surface area contributed by atoms with E-state index in [9.17, 15) is 4.79 Å². The number of benzene rings is 1. The van der Waals surface area contributed by atoms with Gasteiger partial charge in [0.2, 0.25) is 11.8 Å². The number of hydrogen-bond donors (Lipinski definition) is 1. The summed E-state index contributed by atoms with van der Waals surface area (Å²) >= 11 is 0. The number of hydrogen-bond acceptors (Lipinski definition) is 4. The van der Waals surface area contributed by atoms with Crippen LogP contribution in [-0.4, -0.2) is 16.9 Å². The van der Waals surface area contributed by atoms with Crippen molar-refractivity contribution in [3.63, 3.8) is 0 Å². The summed E-state index contributed by atoms with van der Waals surface area (Å²) in [5.41, 5.74) is 8.62. The van der Waals surface area contributed by atoms with E-state index in [4.69, 9.17) is 10.2 Å². The van der Waals surface area contributed by atoms with Crippen LogP contribution >= 0.6 is 0 Å². The highest BCUT2D eigenvalue weighted by molar-refractivity contribution is 5.95. The molecule has 0 aliphatic carbocycles. The Morgan fingerprint density at radius 1 is 1.55 bits per heavy atom. The number of nitrogens with zero attached hydrogens (tertiary/aromatic N) is 2. The Balaban J connectivity index is 1.99. The first-order valence-electron chi connectivity index (χ1n) is 6.68. The standard InChI is InChI=1S/C15H17N3O2/c1-9-5-12-6-11(14-8-17-15(7-16)20-14)3-4-13(12)18(9)10(2)19/h3-4,6,8-9H,5,7,16H2,1-2H3. The zero-order chi connectivity index (χ0) is 14.3. The number of anilines is 1. The van der Waals surface area contributed by atoms with Gasteiger partial charge in [-0.1, -0.05) is 0 Å². The van der Waals surface area contributed by atoms with Crippen molar-refractivity contribution in [1.29, 1.82) is 0 Å². The number of oxazole rings is 1. The first-order valence-corrected chi connectivity index (χ1v) is 6.68. The molecule has 1 unspecified atom stereocenters. The maximum absolute atomic E-state index is 11.7. The Hall–Kier alpha value is -2.14. The number of rotatable bonds is 2. The minimum absolute atomic E-state index is 0.0779. The lowest BCUT2D eigenvalue weighted by atomic mass is 10.1. The zero-order valence-corrected chi connectivity index (χ0v) is 11.6. The van der Waals surface area contributed by atoms with Crippen molar-refractivity contribution in [3.05, 3.63) is 35.9 Å². The molecule has 0 fully saturated rings. The molecule has 5 heteroatoms. The number of amides is 1. The maximum atomic E-state index is 11.7. The topological polar surface area (TPSA) is 72.4 Å². The second kappa shape index (κ2) is 4.76. The van der Waals surface area contributed by atoms with E-state index >= 15 is 0 Å². The van der Waals surface area contributed by atoms with Gasteiger partial charge >= 0.3 is 0 Å². The minimum Gasteiger partial charge on any atom is -0.439 e. The van der Waals surface area contributed by atoms with Gasteiger partial charge in [-0.25, -0.2) is 4.98 Å². The molecule has 0 radical (unpaired) electrons. The van der Waals surface area contributed by atoms with Crippen molar-refractivity contribution in [3.8, 4) is 11.3 Å². The van der Waals surface area contributed by atoms with Gasteiger partial charge in [0.1, 0.15) is 0 Å². The summed E-state index contributed by atoms with van der Waals surface area (Å²) in [5.74, 6) is 1.32. The first kappa shape index (κ1) is 12.9. The van der Waals surface area contributed by atoms with Crippen LogP contribution in [0.1, 0.15) is 25.3 Å². The SMILES string of the molecule is CC(=O)N1c2ccc(-c3cnc(CN)o3)cc2CC1C. The largest absolute Gasteiger partial charge is 0.439 e. The third-order valence-corrected chi connectivity index (χ3v) is 3.65. The Morgan fingerprint density at radius 3 is 3.00 bits per heavy atom. The quantitative estimate of drug-likeness (QED) is 0.907. The number of aromatic nitrogens is 1. The lowest BCUT2D eigenvalue weighted by Crippen LogP contribution is -2.33. The zero-order valence-electron chi connectivity index (χ0n) is 11.6. The fourth-order valence-corrected chi connectivity index (χ4v) is 2.80. The monoisotopic (exact) mass is 271 g/mol. The van der Waals surface area contributed by atoms with Gasteiger partial charge < -0.3 is 15.1 Å². The summed E-state index contributed by atoms with van der Waals surface area (Å²) in [5, 5.41) is 0. The molecule has 2 N–H and O–H groups in total. The number of carbonyl (C=O) groups is 1. The molecule has 0 saturated heterocycles. The molecule has 0 saturated carbocycles. The van der Waals surface area contributed by atoms with E-state index < -0.39 is 0 Å².